The molecule has 0 heterocycles. The summed E-state index contributed by atoms with van der Waals surface area (Å²) in [6, 6.07) is 0. The van der Waals surface area contributed by atoms with E-state index >= 15 is 0 Å². The molecule has 0 fully saturated rings. The second-order valence-electron chi connectivity index (χ2n) is 5.30. The van der Waals surface area contributed by atoms with Gasteiger partial charge in [-0.1, -0.05) is 39.5 Å². The minimum atomic E-state index is 0.450. The van der Waals surface area contributed by atoms with Gasteiger partial charge in [-0.15, -0.1) is 12.3 Å². The summed E-state index contributed by atoms with van der Waals surface area (Å²) in [6.07, 6.45) is 15.6. The maximum atomic E-state index is 11.5. The molecule has 0 aliphatic rings. The molecule has 0 aromatic rings. The van der Waals surface area contributed by atoms with Crippen molar-refractivity contribution in [3.05, 3.63) is 0 Å². The van der Waals surface area contributed by atoms with Gasteiger partial charge in [-0.3, -0.25) is 4.79 Å². The molecule has 0 radical (unpaired) electrons. The zero-order chi connectivity index (χ0) is 12.9. The van der Waals surface area contributed by atoms with E-state index in [1.54, 1.807) is 0 Å². The van der Waals surface area contributed by atoms with E-state index in [0.717, 1.165) is 50.9 Å². The van der Waals surface area contributed by atoms with Crippen LogP contribution >= 0.6 is 0 Å². The highest BCUT2D eigenvalue weighted by atomic mass is 16.1. The Hall–Kier alpha value is -0.770. The molecule has 98 valence electrons. The van der Waals surface area contributed by atoms with Crippen LogP contribution < -0.4 is 0 Å². The fourth-order valence-corrected chi connectivity index (χ4v) is 1.90. The Kier molecular flexibility index (Phi) is 11.2. The smallest absolute Gasteiger partial charge is 0.132 e. The molecule has 0 unspecified atom stereocenters. The summed E-state index contributed by atoms with van der Waals surface area (Å²) in [7, 11) is 0. The number of hydrogen-bond acceptors (Lipinski definition) is 1. The minimum absolute atomic E-state index is 0.450. The van der Waals surface area contributed by atoms with Gasteiger partial charge in [-0.05, 0) is 25.2 Å². The SMILES string of the molecule is C#CCCCCCCC(=O)CCCCC(C)C. The third-order valence-electron chi connectivity index (χ3n) is 3.01. The molecule has 0 spiro atoms. The molecule has 1 nitrogen and oxygen atoms in total. The van der Waals surface area contributed by atoms with Gasteiger partial charge in [0, 0.05) is 19.3 Å². The highest BCUT2D eigenvalue weighted by molar-refractivity contribution is 5.78. The van der Waals surface area contributed by atoms with Crippen LogP contribution in [-0.2, 0) is 4.79 Å². The molecule has 1 heteroatoms. The van der Waals surface area contributed by atoms with Gasteiger partial charge in [-0.2, -0.15) is 0 Å². The lowest BCUT2D eigenvalue weighted by molar-refractivity contribution is -0.119. The summed E-state index contributed by atoms with van der Waals surface area (Å²) in [5.41, 5.74) is 0. The normalized spacial score (nSPS) is 10.5. The van der Waals surface area contributed by atoms with Crippen molar-refractivity contribution >= 4 is 5.78 Å². The predicted octanol–water partition coefficient (Wildman–Crippen LogP) is 4.75. The largest absolute Gasteiger partial charge is 0.300 e. The zero-order valence-electron chi connectivity index (χ0n) is 11.6. The molecule has 0 aromatic heterocycles. The summed E-state index contributed by atoms with van der Waals surface area (Å²) in [5.74, 6) is 3.86. The molecule has 0 bridgehead atoms. The van der Waals surface area contributed by atoms with Gasteiger partial charge in [0.2, 0.25) is 0 Å². The molecule has 0 rings (SSSR count). The van der Waals surface area contributed by atoms with Gasteiger partial charge in [0.1, 0.15) is 5.78 Å². The molecular weight excluding hydrogens is 208 g/mol. The third kappa shape index (κ3) is 13.2. The molecule has 0 amide bonds. The van der Waals surface area contributed by atoms with E-state index in [4.69, 9.17) is 6.42 Å². The Morgan fingerprint density at radius 2 is 1.59 bits per heavy atom. The standard InChI is InChI=1S/C16H28O/c1-4-5-6-7-8-9-13-16(17)14-11-10-12-15(2)3/h1,15H,5-14H2,2-3H3. The van der Waals surface area contributed by atoms with Gasteiger partial charge in [0.15, 0.2) is 0 Å². The molecule has 0 saturated carbocycles. The van der Waals surface area contributed by atoms with Gasteiger partial charge in [-0.25, -0.2) is 0 Å². The van der Waals surface area contributed by atoms with Crippen LogP contribution in [0.25, 0.3) is 0 Å². The number of unbranched alkanes of at least 4 members (excludes halogenated alkanes) is 5. The van der Waals surface area contributed by atoms with E-state index in [-0.39, 0.29) is 0 Å². The fourth-order valence-electron chi connectivity index (χ4n) is 1.90. The first-order chi connectivity index (χ1) is 8.16. The number of carbonyl (C=O) groups excluding carboxylic acids is 1. The highest BCUT2D eigenvalue weighted by Gasteiger charge is 2.02. The van der Waals surface area contributed by atoms with Crippen LogP contribution in [0.3, 0.4) is 0 Å². The topological polar surface area (TPSA) is 17.1 Å². The second kappa shape index (κ2) is 11.7. The first-order valence-electron chi connectivity index (χ1n) is 7.12. The number of Topliss-reactive ketones (excluding diaryl/α,β-unsaturated/α-hetero) is 1. The summed E-state index contributed by atoms with van der Waals surface area (Å²) in [4.78, 5) is 11.5. The molecule has 0 N–H and O–H groups in total. The van der Waals surface area contributed by atoms with Crippen LogP contribution in [-0.4, -0.2) is 5.78 Å². The molecule has 0 saturated heterocycles. The van der Waals surface area contributed by atoms with Crippen molar-refractivity contribution in [3.63, 3.8) is 0 Å². The maximum absolute atomic E-state index is 11.5. The quantitative estimate of drug-likeness (QED) is 0.374. The van der Waals surface area contributed by atoms with Crippen LogP contribution in [0.5, 0.6) is 0 Å². The third-order valence-corrected chi connectivity index (χ3v) is 3.01. The van der Waals surface area contributed by atoms with Crippen molar-refractivity contribution in [2.24, 2.45) is 5.92 Å². The lowest BCUT2D eigenvalue weighted by Crippen LogP contribution is -1.98. The van der Waals surface area contributed by atoms with Crippen LogP contribution in [0.2, 0.25) is 0 Å². The number of rotatable bonds is 11. The van der Waals surface area contributed by atoms with Crippen molar-refractivity contribution in [3.8, 4) is 12.3 Å². The van der Waals surface area contributed by atoms with E-state index in [0.29, 0.717) is 5.78 Å². The van der Waals surface area contributed by atoms with Crippen LogP contribution in [0.1, 0.15) is 78.1 Å². The minimum Gasteiger partial charge on any atom is -0.300 e. The molecular formula is C16H28O. The van der Waals surface area contributed by atoms with Crippen molar-refractivity contribution in [2.45, 2.75) is 78.1 Å². The Bertz CT molecular complexity index is 222. The monoisotopic (exact) mass is 236 g/mol. The lowest BCUT2D eigenvalue weighted by Gasteiger charge is -2.04. The Labute approximate surface area is 107 Å². The molecule has 0 aliphatic heterocycles. The van der Waals surface area contributed by atoms with E-state index < -0.39 is 0 Å². The average molecular weight is 236 g/mol. The van der Waals surface area contributed by atoms with Gasteiger partial charge >= 0.3 is 0 Å². The van der Waals surface area contributed by atoms with Crippen LogP contribution in [0.15, 0.2) is 0 Å². The lowest BCUT2D eigenvalue weighted by atomic mass is 10.0. The molecule has 0 atom stereocenters. The molecule has 0 aromatic carbocycles. The number of ketones is 1. The second-order valence-corrected chi connectivity index (χ2v) is 5.30. The zero-order valence-corrected chi connectivity index (χ0v) is 11.6. The van der Waals surface area contributed by atoms with Gasteiger partial charge < -0.3 is 0 Å². The predicted molar refractivity (Wildman–Crippen MR) is 74.8 cm³/mol. The molecule has 0 aliphatic carbocycles. The van der Waals surface area contributed by atoms with Crippen molar-refractivity contribution in [2.75, 3.05) is 0 Å². The van der Waals surface area contributed by atoms with E-state index in [1.807, 2.05) is 0 Å². The Morgan fingerprint density at radius 3 is 2.18 bits per heavy atom. The van der Waals surface area contributed by atoms with Crippen LogP contribution in [0, 0.1) is 18.3 Å². The van der Waals surface area contributed by atoms with Gasteiger partial charge in [0.05, 0.1) is 0 Å². The number of terminal acetylenes is 1. The van der Waals surface area contributed by atoms with Crippen molar-refractivity contribution < 1.29 is 4.79 Å². The van der Waals surface area contributed by atoms with E-state index in [2.05, 4.69) is 19.8 Å². The van der Waals surface area contributed by atoms with E-state index in [1.165, 1.54) is 19.3 Å². The summed E-state index contributed by atoms with van der Waals surface area (Å²) in [5, 5.41) is 0. The summed E-state index contributed by atoms with van der Waals surface area (Å²) in [6.45, 7) is 4.47. The maximum Gasteiger partial charge on any atom is 0.132 e. The summed E-state index contributed by atoms with van der Waals surface area (Å²) < 4.78 is 0. The highest BCUT2D eigenvalue weighted by Crippen LogP contribution is 2.11. The van der Waals surface area contributed by atoms with Crippen LogP contribution in [0.4, 0.5) is 0 Å². The van der Waals surface area contributed by atoms with Gasteiger partial charge in [0.25, 0.3) is 0 Å². The average Bonchev–Trinajstić information content (AvgIpc) is 2.29. The molecule has 17 heavy (non-hydrogen) atoms. The van der Waals surface area contributed by atoms with Crippen molar-refractivity contribution in [1.82, 2.24) is 0 Å². The van der Waals surface area contributed by atoms with E-state index in [9.17, 15) is 4.79 Å². The summed E-state index contributed by atoms with van der Waals surface area (Å²) >= 11 is 0. The first kappa shape index (κ1) is 16.2. The fraction of sp³-hybridized carbons (Fsp3) is 0.812. The number of hydrogen-bond donors (Lipinski definition) is 0. The Balaban J connectivity index is 3.21. The Morgan fingerprint density at radius 1 is 1.00 bits per heavy atom. The first-order valence-corrected chi connectivity index (χ1v) is 7.12. The number of carbonyl (C=O) groups is 1. The van der Waals surface area contributed by atoms with Crippen molar-refractivity contribution in [1.29, 1.82) is 0 Å².